The van der Waals surface area contributed by atoms with Gasteiger partial charge >= 0.3 is 5.97 Å². The first-order valence-corrected chi connectivity index (χ1v) is 8.58. The van der Waals surface area contributed by atoms with Crippen LogP contribution in [0.3, 0.4) is 0 Å². The first kappa shape index (κ1) is 14.4. The van der Waals surface area contributed by atoms with E-state index in [9.17, 15) is 9.90 Å². The number of carboxylic acid groups (broad SMARTS) is 1. The summed E-state index contributed by atoms with van der Waals surface area (Å²) in [5, 5.41) is 13.2. The fourth-order valence-corrected chi connectivity index (χ4v) is 5.51. The van der Waals surface area contributed by atoms with Crippen molar-refractivity contribution in [1.29, 1.82) is 0 Å². The summed E-state index contributed by atoms with van der Waals surface area (Å²) in [6.45, 7) is 4.67. The number of fused-ring (bicyclic) bond motifs is 5. The molecule has 0 aromatic carbocycles. The van der Waals surface area contributed by atoms with E-state index in [1.807, 2.05) is 13.8 Å². The molecule has 0 aliphatic heterocycles. The zero-order chi connectivity index (χ0) is 14.3. The molecule has 2 N–H and O–H groups in total. The van der Waals surface area contributed by atoms with Crippen LogP contribution >= 0.6 is 0 Å². The number of carbonyl (C=O) groups is 1. The molecule has 3 aliphatic carbocycles. The van der Waals surface area contributed by atoms with Crippen LogP contribution in [0.4, 0.5) is 0 Å². The minimum atomic E-state index is -0.628. The molecule has 0 saturated heterocycles. The molecule has 3 nitrogen and oxygen atoms in total. The Labute approximate surface area is 122 Å². The molecule has 0 aromatic rings. The van der Waals surface area contributed by atoms with Crippen LogP contribution in [0, 0.1) is 29.1 Å². The van der Waals surface area contributed by atoms with Gasteiger partial charge < -0.3 is 10.4 Å². The largest absolute Gasteiger partial charge is 0.481 e. The molecule has 2 bridgehead atoms. The fraction of sp³-hybridized carbons (Fsp3) is 0.941. The molecule has 114 valence electrons. The predicted octanol–water partition coefficient (Wildman–Crippen LogP) is 3.29. The normalized spacial score (nSPS) is 39.2. The molecule has 5 atom stereocenters. The van der Waals surface area contributed by atoms with Crippen molar-refractivity contribution in [1.82, 2.24) is 5.32 Å². The van der Waals surface area contributed by atoms with Crippen LogP contribution < -0.4 is 5.32 Å². The van der Waals surface area contributed by atoms with Crippen LogP contribution in [0.1, 0.15) is 58.8 Å². The summed E-state index contributed by atoms with van der Waals surface area (Å²) < 4.78 is 0. The fourth-order valence-electron chi connectivity index (χ4n) is 5.51. The molecule has 3 heteroatoms. The molecule has 5 unspecified atom stereocenters. The summed E-state index contributed by atoms with van der Waals surface area (Å²) in [6, 6.07) is 0.594. The Morgan fingerprint density at radius 3 is 2.50 bits per heavy atom. The van der Waals surface area contributed by atoms with Gasteiger partial charge in [0.1, 0.15) is 0 Å². The lowest BCUT2D eigenvalue weighted by Gasteiger charge is -2.35. The summed E-state index contributed by atoms with van der Waals surface area (Å²) in [7, 11) is 0. The van der Waals surface area contributed by atoms with Crippen LogP contribution in [-0.4, -0.2) is 23.7 Å². The molecule has 0 amide bonds. The van der Waals surface area contributed by atoms with E-state index in [4.69, 9.17) is 0 Å². The highest BCUT2D eigenvalue weighted by Crippen LogP contribution is 2.58. The highest BCUT2D eigenvalue weighted by molar-refractivity contribution is 5.74. The Morgan fingerprint density at radius 2 is 1.85 bits per heavy atom. The monoisotopic (exact) mass is 279 g/mol. The number of rotatable bonds is 6. The van der Waals surface area contributed by atoms with E-state index in [0.29, 0.717) is 12.6 Å². The van der Waals surface area contributed by atoms with Gasteiger partial charge in [0.25, 0.3) is 0 Å². The van der Waals surface area contributed by atoms with Crippen LogP contribution in [0.5, 0.6) is 0 Å². The first-order chi connectivity index (χ1) is 9.61. The van der Waals surface area contributed by atoms with E-state index < -0.39 is 11.4 Å². The molecule has 0 radical (unpaired) electrons. The lowest BCUT2D eigenvalue weighted by atomic mass is 9.77. The maximum absolute atomic E-state index is 11.6. The second-order valence-electron chi connectivity index (χ2n) is 7.43. The van der Waals surface area contributed by atoms with E-state index in [1.54, 1.807) is 0 Å². The topological polar surface area (TPSA) is 49.3 Å². The highest BCUT2D eigenvalue weighted by Gasteiger charge is 2.53. The maximum atomic E-state index is 11.6. The van der Waals surface area contributed by atoms with Gasteiger partial charge in [0.2, 0.25) is 0 Å². The van der Waals surface area contributed by atoms with Gasteiger partial charge in [-0.2, -0.15) is 0 Å². The zero-order valence-corrected chi connectivity index (χ0v) is 12.9. The van der Waals surface area contributed by atoms with Crippen LogP contribution in [-0.2, 0) is 4.79 Å². The molecule has 0 spiro atoms. The number of carboxylic acids is 1. The van der Waals surface area contributed by atoms with E-state index in [-0.39, 0.29) is 0 Å². The molecule has 3 rings (SSSR count). The number of hydrogen-bond donors (Lipinski definition) is 2. The van der Waals surface area contributed by atoms with Gasteiger partial charge in [0, 0.05) is 12.6 Å². The molecular formula is C17H29NO2. The van der Waals surface area contributed by atoms with Crippen molar-refractivity contribution in [2.75, 3.05) is 6.54 Å². The Kier molecular flexibility index (Phi) is 3.83. The van der Waals surface area contributed by atoms with Gasteiger partial charge in [-0.15, -0.1) is 0 Å². The van der Waals surface area contributed by atoms with E-state index in [1.165, 1.54) is 32.1 Å². The lowest BCUT2D eigenvalue weighted by Crippen LogP contribution is -2.47. The third-order valence-electron chi connectivity index (χ3n) is 6.94. The standard InChI is InChI=1S/C17H29NO2/c1-3-17(4-2,16(19)20)10-18-15-9-11-8-14(15)13-7-5-6-12(11)13/h11-15,18H,3-10H2,1-2H3,(H,19,20). The number of aliphatic carboxylic acids is 1. The SMILES string of the molecule is CCC(CC)(CNC1CC2CC1C1CCCC21)C(=O)O. The number of nitrogens with one attached hydrogen (secondary N) is 1. The van der Waals surface area contributed by atoms with Crippen molar-refractivity contribution < 1.29 is 9.90 Å². The summed E-state index contributed by atoms with van der Waals surface area (Å²) >= 11 is 0. The molecule has 3 fully saturated rings. The Bertz CT molecular complexity index is 377. The quantitative estimate of drug-likeness (QED) is 0.784. The highest BCUT2D eigenvalue weighted by atomic mass is 16.4. The molecular weight excluding hydrogens is 250 g/mol. The van der Waals surface area contributed by atoms with Gasteiger partial charge in [-0.1, -0.05) is 20.3 Å². The average Bonchev–Trinajstić information content (AvgIpc) is 3.12. The minimum Gasteiger partial charge on any atom is -0.481 e. The van der Waals surface area contributed by atoms with Gasteiger partial charge in [0.05, 0.1) is 5.41 Å². The van der Waals surface area contributed by atoms with Gasteiger partial charge in [-0.3, -0.25) is 4.79 Å². The van der Waals surface area contributed by atoms with E-state index in [0.717, 1.165) is 36.5 Å². The van der Waals surface area contributed by atoms with Crippen molar-refractivity contribution in [2.45, 2.75) is 64.8 Å². The van der Waals surface area contributed by atoms with Crippen LogP contribution in [0.15, 0.2) is 0 Å². The Balaban J connectivity index is 1.61. The molecule has 20 heavy (non-hydrogen) atoms. The van der Waals surface area contributed by atoms with Crippen molar-refractivity contribution in [3.8, 4) is 0 Å². The summed E-state index contributed by atoms with van der Waals surface area (Å²) in [4.78, 5) is 11.6. The van der Waals surface area contributed by atoms with E-state index in [2.05, 4.69) is 5.32 Å². The van der Waals surface area contributed by atoms with Gasteiger partial charge in [-0.05, 0) is 62.2 Å². The third-order valence-corrected chi connectivity index (χ3v) is 6.94. The van der Waals surface area contributed by atoms with E-state index >= 15 is 0 Å². The van der Waals surface area contributed by atoms with Crippen molar-refractivity contribution >= 4 is 5.97 Å². The van der Waals surface area contributed by atoms with Crippen molar-refractivity contribution in [2.24, 2.45) is 29.1 Å². The lowest BCUT2D eigenvalue weighted by molar-refractivity contribution is -0.149. The summed E-state index contributed by atoms with van der Waals surface area (Å²) in [6.07, 6.45) is 8.47. The smallest absolute Gasteiger partial charge is 0.310 e. The molecule has 0 heterocycles. The predicted molar refractivity (Wildman–Crippen MR) is 79.5 cm³/mol. The Hall–Kier alpha value is -0.570. The Morgan fingerprint density at radius 1 is 1.15 bits per heavy atom. The third kappa shape index (κ3) is 2.09. The second-order valence-corrected chi connectivity index (χ2v) is 7.43. The van der Waals surface area contributed by atoms with Crippen molar-refractivity contribution in [3.05, 3.63) is 0 Å². The average molecular weight is 279 g/mol. The molecule has 3 saturated carbocycles. The summed E-state index contributed by atoms with van der Waals surface area (Å²) in [5.74, 6) is 3.12. The first-order valence-electron chi connectivity index (χ1n) is 8.58. The zero-order valence-electron chi connectivity index (χ0n) is 12.9. The van der Waals surface area contributed by atoms with Gasteiger partial charge in [0.15, 0.2) is 0 Å². The van der Waals surface area contributed by atoms with Crippen molar-refractivity contribution in [3.63, 3.8) is 0 Å². The minimum absolute atomic E-state index is 0.559. The van der Waals surface area contributed by atoms with Gasteiger partial charge in [-0.25, -0.2) is 0 Å². The maximum Gasteiger partial charge on any atom is 0.310 e. The summed E-state index contributed by atoms with van der Waals surface area (Å²) in [5.41, 5.74) is -0.559. The molecule has 0 aromatic heterocycles. The molecule has 3 aliphatic rings. The van der Waals surface area contributed by atoms with Crippen LogP contribution in [0.25, 0.3) is 0 Å². The van der Waals surface area contributed by atoms with Crippen LogP contribution in [0.2, 0.25) is 0 Å². The number of hydrogen-bond acceptors (Lipinski definition) is 2. The second kappa shape index (κ2) is 5.32.